The number of pyridine rings is 1. The number of nitrogens with one attached hydrogen (secondary N) is 1. The molecule has 0 fully saturated rings. The molecule has 2 aromatic rings. The van der Waals surface area contributed by atoms with Gasteiger partial charge >= 0.3 is 0 Å². The zero-order valence-corrected chi connectivity index (χ0v) is 12.5. The molecular formula is C15H20N2OS. The van der Waals surface area contributed by atoms with Crippen molar-refractivity contribution in [1.29, 1.82) is 0 Å². The first kappa shape index (κ1) is 14.0. The summed E-state index contributed by atoms with van der Waals surface area (Å²) in [4.78, 5) is 12.2. The molecule has 2 heterocycles. The van der Waals surface area contributed by atoms with Gasteiger partial charge in [0, 0.05) is 29.5 Å². The van der Waals surface area contributed by atoms with Gasteiger partial charge in [-0.15, -0.1) is 11.3 Å². The first-order chi connectivity index (χ1) is 8.87. The van der Waals surface area contributed by atoms with Crippen molar-refractivity contribution >= 4 is 21.4 Å². The van der Waals surface area contributed by atoms with Crippen molar-refractivity contribution in [1.82, 2.24) is 9.88 Å². The highest BCUT2D eigenvalue weighted by Crippen LogP contribution is 2.16. The van der Waals surface area contributed by atoms with E-state index in [1.807, 2.05) is 23.7 Å². The second-order valence-electron chi connectivity index (χ2n) is 5.80. The normalized spacial score (nSPS) is 11.9. The van der Waals surface area contributed by atoms with Crippen molar-refractivity contribution in [3.63, 3.8) is 0 Å². The first-order valence-corrected chi connectivity index (χ1v) is 7.23. The maximum absolute atomic E-state index is 12.2. The zero-order valence-electron chi connectivity index (χ0n) is 11.7. The summed E-state index contributed by atoms with van der Waals surface area (Å²) in [7, 11) is 0. The molecule has 0 aliphatic rings. The van der Waals surface area contributed by atoms with Crippen molar-refractivity contribution in [3.05, 3.63) is 46.2 Å². The SMILES string of the molecule is C=C(CNC(C)(C)C)Cn1ccc2sccc2c1=O. The minimum Gasteiger partial charge on any atom is -0.311 e. The Morgan fingerprint density at radius 1 is 1.42 bits per heavy atom. The van der Waals surface area contributed by atoms with Gasteiger partial charge in [-0.3, -0.25) is 4.79 Å². The minimum atomic E-state index is 0.0607. The van der Waals surface area contributed by atoms with Crippen LogP contribution >= 0.6 is 11.3 Å². The van der Waals surface area contributed by atoms with Crippen LogP contribution in [0.4, 0.5) is 0 Å². The van der Waals surface area contributed by atoms with Gasteiger partial charge in [0.05, 0.1) is 5.39 Å². The molecule has 0 aliphatic carbocycles. The quantitative estimate of drug-likeness (QED) is 0.871. The number of aromatic nitrogens is 1. The highest BCUT2D eigenvalue weighted by molar-refractivity contribution is 7.17. The van der Waals surface area contributed by atoms with Gasteiger partial charge in [-0.1, -0.05) is 6.58 Å². The van der Waals surface area contributed by atoms with E-state index in [-0.39, 0.29) is 11.1 Å². The van der Waals surface area contributed by atoms with E-state index in [1.165, 1.54) is 0 Å². The molecule has 3 nitrogen and oxygen atoms in total. The van der Waals surface area contributed by atoms with Gasteiger partial charge in [0.2, 0.25) is 0 Å². The van der Waals surface area contributed by atoms with Crippen LogP contribution in [0.3, 0.4) is 0 Å². The van der Waals surface area contributed by atoms with Crippen molar-refractivity contribution in [3.8, 4) is 0 Å². The molecule has 0 unspecified atom stereocenters. The summed E-state index contributed by atoms with van der Waals surface area (Å²) in [6, 6.07) is 3.88. The molecule has 2 rings (SSSR count). The molecule has 4 heteroatoms. The molecule has 102 valence electrons. The third-order valence-corrected chi connectivity index (χ3v) is 3.74. The van der Waals surface area contributed by atoms with Crippen LogP contribution in [0, 0.1) is 0 Å². The maximum Gasteiger partial charge on any atom is 0.259 e. The predicted molar refractivity (Wildman–Crippen MR) is 83.0 cm³/mol. The highest BCUT2D eigenvalue weighted by Gasteiger charge is 2.10. The number of hydrogen-bond acceptors (Lipinski definition) is 3. The van der Waals surface area contributed by atoms with Gasteiger partial charge in [0.15, 0.2) is 0 Å². The van der Waals surface area contributed by atoms with Gasteiger partial charge in [0.25, 0.3) is 5.56 Å². The number of rotatable bonds is 4. The topological polar surface area (TPSA) is 34.0 Å². The molecular weight excluding hydrogens is 256 g/mol. The average molecular weight is 276 g/mol. The Morgan fingerprint density at radius 2 is 2.16 bits per heavy atom. The molecule has 1 N–H and O–H groups in total. The summed E-state index contributed by atoms with van der Waals surface area (Å²) in [5.41, 5.74) is 1.13. The van der Waals surface area contributed by atoms with E-state index in [1.54, 1.807) is 15.9 Å². The van der Waals surface area contributed by atoms with Gasteiger partial charge in [-0.25, -0.2) is 0 Å². The molecule has 0 aliphatic heterocycles. The van der Waals surface area contributed by atoms with Crippen LogP contribution in [0.5, 0.6) is 0 Å². The maximum atomic E-state index is 12.2. The third kappa shape index (κ3) is 3.55. The van der Waals surface area contributed by atoms with Crippen LogP contribution in [-0.2, 0) is 6.54 Å². The van der Waals surface area contributed by atoms with Crippen molar-refractivity contribution in [2.24, 2.45) is 0 Å². The predicted octanol–water partition coefficient (Wildman–Crippen LogP) is 3.01. The standard InChI is InChI=1S/C15H20N2OS/c1-11(9-16-15(2,3)4)10-17-7-5-13-12(14(17)18)6-8-19-13/h5-8,16H,1,9-10H2,2-4H3. The molecule has 0 amide bonds. The molecule has 2 aromatic heterocycles. The molecule has 0 spiro atoms. The number of hydrogen-bond donors (Lipinski definition) is 1. The third-order valence-electron chi connectivity index (χ3n) is 2.85. The van der Waals surface area contributed by atoms with Gasteiger partial charge in [0.1, 0.15) is 0 Å². The fourth-order valence-corrected chi connectivity index (χ4v) is 2.59. The monoisotopic (exact) mass is 276 g/mol. The summed E-state index contributed by atoms with van der Waals surface area (Å²) in [6.45, 7) is 11.7. The molecule has 0 saturated carbocycles. The molecule has 0 bridgehead atoms. The number of thiophene rings is 1. The second-order valence-corrected chi connectivity index (χ2v) is 6.75. The fraction of sp³-hybridized carbons (Fsp3) is 0.400. The summed E-state index contributed by atoms with van der Waals surface area (Å²) < 4.78 is 2.77. The molecule has 0 atom stereocenters. The van der Waals surface area contributed by atoms with E-state index in [2.05, 4.69) is 32.7 Å². The van der Waals surface area contributed by atoms with Gasteiger partial charge in [-0.05, 0) is 43.9 Å². The molecule has 19 heavy (non-hydrogen) atoms. The Morgan fingerprint density at radius 3 is 2.84 bits per heavy atom. The van der Waals surface area contributed by atoms with E-state index >= 15 is 0 Å². The second kappa shape index (κ2) is 5.31. The summed E-state index contributed by atoms with van der Waals surface area (Å²) >= 11 is 1.59. The number of fused-ring (bicyclic) bond motifs is 1. The molecule has 0 saturated heterocycles. The van der Waals surface area contributed by atoms with Crippen molar-refractivity contribution < 1.29 is 0 Å². The van der Waals surface area contributed by atoms with Gasteiger partial charge in [-0.2, -0.15) is 0 Å². The zero-order chi connectivity index (χ0) is 14.0. The lowest BCUT2D eigenvalue weighted by Gasteiger charge is -2.21. The van der Waals surface area contributed by atoms with Crippen LogP contribution < -0.4 is 10.9 Å². The van der Waals surface area contributed by atoms with Crippen LogP contribution in [0.1, 0.15) is 20.8 Å². The van der Waals surface area contributed by atoms with E-state index in [0.29, 0.717) is 6.54 Å². The minimum absolute atomic E-state index is 0.0607. The lowest BCUT2D eigenvalue weighted by atomic mass is 10.1. The van der Waals surface area contributed by atoms with Crippen LogP contribution in [0.2, 0.25) is 0 Å². The fourth-order valence-electron chi connectivity index (χ4n) is 1.82. The average Bonchev–Trinajstić information content (AvgIpc) is 2.78. The van der Waals surface area contributed by atoms with Crippen LogP contribution in [-0.4, -0.2) is 16.7 Å². The first-order valence-electron chi connectivity index (χ1n) is 6.35. The highest BCUT2D eigenvalue weighted by atomic mass is 32.1. The Balaban J connectivity index is 2.11. The largest absolute Gasteiger partial charge is 0.311 e. The van der Waals surface area contributed by atoms with Crippen molar-refractivity contribution in [2.75, 3.05) is 6.54 Å². The van der Waals surface area contributed by atoms with E-state index in [4.69, 9.17) is 0 Å². The Labute approximate surface area is 117 Å². The summed E-state index contributed by atoms with van der Waals surface area (Å²) in [6.07, 6.45) is 1.85. The van der Waals surface area contributed by atoms with E-state index in [9.17, 15) is 4.79 Å². The Hall–Kier alpha value is -1.39. The van der Waals surface area contributed by atoms with Crippen LogP contribution in [0.15, 0.2) is 40.7 Å². The van der Waals surface area contributed by atoms with E-state index < -0.39 is 0 Å². The number of nitrogens with zero attached hydrogens (tertiary/aromatic N) is 1. The molecule has 0 radical (unpaired) electrons. The lowest BCUT2D eigenvalue weighted by Crippen LogP contribution is -2.37. The Bertz CT molecular complexity index is 646. The smallest absolute Gasteiger partial charge is 0.259 e. The molecule has 0 aromatic carbocycles. The lowest BCUT2D eigenvalue weighted by molar-refractivity contribution is 0.440. The Kier molecular flexibility index (Phi) is 3.92. The van der Waals surface area contributed by atoms with Crippen LogP contribution in [0.25, 0.3) is 10.1 Å². The van der Waals surface area contributed by atoms with Gasteiger partial charge < -0.3 is 9.88 Å². The van der Waals surface area contributed by atoms with Crippen molar-refractivity contribution in [2.45, 2.75) is 32.9 Å². The summed E-state index contributed by atoms with van der Waals surface area (Å²) in [5, 5.41) is 6.13. The van der Waals surface area contributed by atoms with E-state index in [0.717, 1.165) is 22.2 Å². The summed E-state index contributed by atoms with van der Waals surface area (Å²) in [5.74, 6) is 0.